The standard InChI is InChI=1S/C15H21NO2/c1-4-5-6-11-7-8-13-12(9-11)16-14(17)15(2,3)10-18-13/h7-9H,4-6,10H2,1-3H3,(H,16,17). The largest absolute Gasteiger partial charge is 0.490 e. The van der Waals surface area contributed by atoms with Crippen LogP contribution in [0.1, 0.15) is 39.2 Å². The quantitative estimate of drug-likeness (QED) is 0.889. The van der Waals surface area contributed by atoms with Gasteiger partial charge in [-0.1, -0.05) is 19.4 Å². The maximum Gasteiger partial charge on any atom is 0.233 e. The third kappa shape index (κ3) is 2.66. The third-order valence-corrected chi connectivity index (χ3v) is 3.31. The summed E-state index contributed by atoms with van der Waals surface area (Å²) in [5.74, 6) is 0.795. The summed E-state index contributed by atoms with van der Waals surface area (Å²) in [6.45, 7) is 6.38. The lowest BCUT2D eigenvalue weighted by atomic mass is 9.94. The average Bonchev–Trinajstić information content (AvgIpc) is 2.45. The number of aryl methyl sites for hydroxylation is 1. The lowest BCUT2D eigenvalue weighted by Crippen LogP contribution is -2.33. The van der Waals surface area contributed by atoms with Gasteiger partial charge < -0.3 is 10.1 Å². The summed E-state index contributed by atoms with van der Waals surface area (Å²) < 4.78 is 5.71. The first-order valence-electron chi connectivity index (χ1n) is 6.60. The summed E-state index contributed by atoms with van der Waals surface area (Å²) in [6.07, 6.45) is 3.38. The summed E-state index contributed by atoms with van der Waals surface area (Å²) in [6, 6.07) is 6.07. The van der Waals surface area contributed by atoms with Crippen LogP contribution in [-0.2, 0) is 11.2 Å². The van der Waals surface area contributed by atoms with Gasteiger partial charge >= 0.3 is 0 Å². The normalized spacial score (nSPS) is 17.4. The minimum Gasteiger partial charge on any atom is -0.490 e. The first-order chi connectivity index (χ1) is 8.53. The lowest BCUT2D eigenvalue weighted by Gasteiger charge is -2.18. The SMILES string of the molecule is CCCCc1ccc2c(c1)NC(=O)C(C)(C)CO2. The van der Waals surface area contributed by atoms with E-state index in [1.54, 1.807) is 0 Å². The van der Waals surface area contributed by atoms with Crippen molar-refractivity contribution >= 4 is 11.6 Å². The van der Waals surface area contributed by atoms with E-state index < -0.39 is 5.41 Å². The maximum absolute atomic E-state index is 12.0. The Morgan fingerprint density at radius 3 is 2.89 bits per heavy atom. The molecule has 3 nitrogen and oxygen atoms in total. The van der Waals surface area contributed by atoms with Crippen LogP contribution in [0.4, 0.5) is 5.69 Å². The maximum atomic E-state index is 12.0. The molecule has 98 valence electrons. The van der Waals surface area contributed by atoms with E-state index >= 15 is 0 Å². The zero-order valence-electron chi connectivity index (χ0n) is 11.4. The average molecular weight is 247 g/mol. The molecule has 1 N–H and O–H groups in total. The minimum absolute atomic E-state index is 0.0221. The molecule has 1 aromatic carbocycles. The predicted octanol–water partition coefficient (Wildman–Crippen LogP) is 3.39. The molecule has 0 saturated carbocycles. The highest BCUT2D eigenvalue weighted by atomic mass is 16.5. The lowest BCUT2D eigenvalue weighted by molar-refractivity contribution is -0.124. The van der Waals surface area contributed by atoms with Gasteiger partial charge in [-0.15, -0.1) is 0 Å². The zero-order valence-corrected chi connectivity index (χ0v) is 11.4. The van der Waals surface area contributed by atoms with Gasteiger partial charge in [-0.25, -0.2) is 0 Å². The number of hydrogen-bond acceptors (Lipinski definition) is 2. The summed E-state index contributed by atoms with van der Waals surface area (Å²) in [5.41, 5.74) is 1.57. The van der Waals surface area contributed by atoms with Crippen molar-refractivity contribution in [1.82, 2.24) is 0 Å². The number of ether oxygens (including phenoxy) is 1. The molecule has 18 heavy (non-hydrogen) atoms. The summed E-state index contributed by atoms with van der Waals surface area (Å²) in [7, 11) is 0. The fourth-order valence-corrected chi connectivity index (χ4v) is 1.95. The van der Waals surface area contributed by atoms with E-state index in [0.29, 0.717) is 6.61 Å². The van der Waals surface area contributed by atoms with E-state index in [4.69, 9.17) is 4.74 Å². The van der Waals surface area contributed by atoms with Crippen LogP contribution in [0, 0.1) is 5.41 Å². The number of carbonyl (C=O) groups is 1. The van der Waals surface area contributed by atoms with Crippen molar-refractivity contribution in [2.45, 2.75) is 40.0 Å². The first-order valence-corrected chi connectivity index (χ1v) is 6.60. The molecule has 1 aromatic rings. The monoisotopic (exact) mass is 247 g/mol. The number of rotatable bonds is 3. The molecule has 0 fully saturated rings. The summed E-state index contributed by atoms with van der Waals surface area (Å²) in [5, 5.41) is 2.97. The van der Waals surface area contributed by atoms with Crippen LogP contribution in [0.25, 0.3) is 0 Å². The van der Waals surface area contributed by atoms with Crippen molar-refractivity contribution in [3.63, 3.8) is 0 Å². The van der Waals surface area contributed by atoms with Crippen LogP contribution in [0.2, 0.25) is 0 Å². The van der Waals surface area contributed by atoms with Crippen LogP contribution < -0.4 is 10.1 Å². The molecule has 0 radical (unpaired) electrons. The fourth-order valence-electron chi connectivity index (χ4n) is 1.95. The van der Waals surface area contributed by atoms with Gasteiger partial charge in [-0.3, -0.25) is 4.79 Å². The Morgan fingerprint density at radius 1 is 1.39 bits per heavy atom. The van der Waals surface area contributed by atoms with E-state index in [1.165, 1.54) is 18.4 Å². The summed E-state index contributed by atoms with van der Waals surface area (Å²) >= 11 is 0. The second kappa shape index (κ2) is 5.01. The van der Waals surface area contributed by atoms with Gasteiger partial charge in [0.25, 0.3) is 0 Å². The second-order valence-corrected chi connectivity index (χ2v) is 5.56. The molecule has 3 heteroatoms. The van der Waals surface area contributed by atoms with Crippen molar-refractivity contribution in [3.05, 3.63) is 23.8 Å². The van der Waals surface area contributed by atoms with Gasteiger partial charge in [-0.05, 0) is 44.4 Å². The highest BCUT2D eigenvalue weighted by Crippen LogP contribution is 2.33. The van der Waals surface area contributed by atoms with E-state index in [0.717, 1.165) is 17.9 Å². The Bertz CT molecular complexity index is 452. The van der Waals surface area contributed by atoms with Crippen molar-refractivity contribution in [2.24, 2.45) is 5.41 Å². The Hall–Kier alpha value is -1.51. The Morgan fingerprint density at radius 2 is 2.17 bits per heavy atom. The topological polar surface area (TPSA) is 38.3 Å². The predicted molar refractivity (Wildman–Crippen MR) is 73.0 cm³/mol. The van der Waals surface area contributed by atoms with Gasteiger partial charge in [0.05, 0.1) is 11.1 Å². The molecular weight excluding hydrogens is 226 g/mol. The van der Waals surface area contributed by atoms with Crippen LogP contribution in [-0.4, -0.2) is 12.5 Å². The molecule has 0 bridgehead atoms. The molecule has 0 atom stereocenters. The second-order valence-electron chi connectivity index (χ2n) is 5.56. The molecular formula is C15H21NO2. The van der Waals surface area contributed by atoms with Crippen molar-refractivity contribution < 1.29 is 9.53 Å². The number of amides is 1. The van der Waals surface area contributed by atoms with Crippen LogP contribution >= 0.6 is 0 Å². The van der Waals surface area contributed by atoms with Crippen LogP contribution in [0.15, 0.2) is 18.2 Å². The van der Waals surface area contributed by atoms with E-state index in [9.17, 15) is 4.79 Å². The number of nitrogens with one attached hydrogen (secondary N) is 1. The van der Waals surface area contributed by atoms with Gasteiger partial charge in [-0.2, -0.15) is 0 Å². The number of hydrogen-bond donors (Lipinski definition) is 1. The zero-order chi connectivity index (χ0) is 13.2. The van der Waals surface area contributed by atoms with Gasteiger partial charge in [0, 0.05) is 0 Å². The molecule has 1 heterocycles. The summed E-state index contributed by atoms with van der Waals surface area (Å²) in [4.78, 5) is 12.0. The number of anilines is 1. The number of benzene rings is 1. The Labute approximate surface area is 109 Å². The van der Waals surface area contributed by atoms with E-state index in [2.05, 4.69) is 18.3 Å². The van der Waals surface area contributed by atoms with Crippen molar-refractivity contribution in [1.29, 1.82) is 0 Å². The molecule has 0 saturated heterocycles. The molecule has 1 aliphatic rings. The van der Waals surface area contributed by atoms with Crippen molar-refractivity contribution in [3.8, 4) is 5.75 Å². The van der Waals surface area contributed by atoms with Gasteiger partial charge in [0.15, 0.2) is 0 Å². The molecule has 0 aliphatic carbocycles. The molecule has 0 spiro atoms. The molecule has 0 unspecified atom stereocenters. The molecule has 1 aliphatic heterocycles. The van der Waals surface area contributed by atoms with Crippen LogP contribution in [0.5, 0.6) is 5.75 Å². The Balaban J connectivity index is 2.23. The van der Waals surface area contributed by atoms with Crippen LogP contribution in [0.3, 0.4) is 0 Å². The minimum atomic E-state index is -0.484. The smallest absolute Gasteiger partial charge is 0.233 e. The highest BCUT2D eigenvalue weighted by molar-refractivity contribution is 5.97. The van der Waals surface area contributed by atoms with E-state index in [1.807, 2.05) is 26.0 Å². The first kappa shape index (κ1) is 12.9. The van der Waals surface area contributed by atoms with Gasteiger partial charge in [0.1, 0.15) is 12.4 Å². The molecule has 2 rings (SSSR count). The number of unbranched alkanes of at least 4 members (excludes halogenated alkanes) is 1. The number of carbonyl (C=O) groups excluding carboxylic acids is 1. The fraction of sp³-hybridized carbons (Fsp3) is 0.533. The van der Waals surface area contributed by atoms with Gasteiger partial charge in [0.2, 0.25) is 5.91 Å². The third-order valence-electron chi connectivity index (χ3n) is 3.31. The van der Waals surface area contributed by atoms with E-state index in [-0.39, 0.29) is 5.91 Å². The van der Waals surface area contributed by atoms with Crippen molar-refractivity contribution in [2.75, 3.05) is 11.9 Å². The molecule has 1 amide bonds. The Kier molecular flexibility index (Phi) is 3.60. The number of fused-ring (bicyclic) bond motifs is 1. The molecule has 0 aromatic heterocycles. The highest BCUT2D eigenvalue weighted by Gasteiger charge is 2.32.